The number of pyridine rings is 1. The molecular formula is C14H17N3O. The minimum atomic E-state index is 0.279. The van der Waals surface area contributed by atoms with E-state index in [1.807, 2.05) is 36.0 Å². The van der Waals surface area contributed by atoms with Crippen LogP contribution in [0.3, 0.4) is 0 Å². The number of aromatic nitrogens is 3. The Balaban J connectivity index is 1.75. The molecule has 0 aliphatic carbocycles. The lowest BCUT2D eigenvalue weighted by atomic mass is 10.1. The summed E-state index contributed by atoms with van der Waals surface area (Å²) in [5.41, 5.74) is 2.08. The molecule has 0 bridgehead atoms. The lowest BCUT2D eigenvalue weighted by Gasteiger charge is -2.02. The van der Waals surface area contributed by atoms with Gasteiger partial charge < -0.3 is 0 Å². The van der Waals surface area contributed by atoms with Crippen LogP contribution in [-0.2, 0) is 24.7 Å². The first-order chi connectivity index (χ1) is 8.75. The number of ketones is 1. The van der Waals surface area contributed by atoms with Gasteiger partial charge >= 0.3 is 0 Å². The largest absolute Gasteiger partial charge is 0.300 e. The molecule has 18 heavy (non-hydrogen) atoms. The molecular weight excluding hydrogens is 226 g/mol. The Morgan fingerprint density at radius 2 is 2.00 bits per heavy atom. The van der Waals surface area contributed by atoms with E-state index in [2.05, 4.69) is 10.1 Å². The Kier molecular flexibility index (Phi) is 4.23. The van der Waals surface area contributed by atoms with Crippen LogP contribution in [0.2, 0.25) is 0 Å². The van der Waals surface area contributed by atoms with Gasteiger partial charge in [-0.3, -0.25) is 14.5 Å². The Labute approximate surface area is 107 Å². The first-order valence-electron chi connectivity index (χ1n) is 6.14. The highest BCUT2D eigenvalue weighted by Crippen LogP contribution is 2.05. The predicted octanol–water partition coefficient (Wildman–Crippen LogP) is 1.95. The summed E-state index contributed by atoms with van der Waals surface area (Å²) in [6.07, 6.45) is 6.15. The van der Waals surface area contributed by atoms with E-state index in [9.17, 15) is 4.79 Å². The van der Waals surface area contributed by atoms with Gasteiger partial charge in [-0.2, -0.15) is 5.10 Å². The van der Waals surface area contributed by atoms with Crippen molar-refractivity contribution in [1.82, 2.24) is 14.8 Å². The first kappa shape index (κ1) is 12.5. The van der Waals surface area contributed by atoms with Crippen molar-refractivity contribution >= 4 is 5.78 Å². The molecule has 94 valence electrons. The fraction of sp³-hybridized carbons (Fsp3) is 0.357. The molecule has 0 N–H and O–H groups in total. The van der Waals surface area contributed by atoms with Crippen molar-refractivity contribution in [2.75, 3.05) is 0 Å². The van der Waals surface area contributed by atoms with Crippen LogP contribution in [0.4, 0.5) is 0 Å². The van der Waals surface area contributed by atoms with Crippen LogP contribution < -0.4 is 0 Å². The molecule has 0 aliphatic heterocycles. The highest BCUT2D eigenvalue weighted by atomic mass is 16.1. The van der Waals surface area contributed by atoms with Crippen molar-refractivity contribution in [1.29, 1.82) is 0 Å². The van der Waals surface area contributed by atoms with Gasteiger partial charge in [0.05, 0.1) is 0 Å². The molecule has 4 nitrogen and oxygen atoms in total. The average molecular weight is 243 g/mol. The van der Waals surface area contributed by atoms with E-state index >= 15 is 0 Å². The molecule has 0 atom stereocenters. The monoisotopic (exact) mass is 243 g/mol. The zero-order valence-electron chi connectivity index (χ0n) is 10.5. The van der Waals surface area contributed by atoms with E-state index in [1.165, 1.54) is 0 Å². The molecule has 2 aromatic rings. The summed E-state index contributed by atoms with van der Waals surface area (Å²) in [7, 11) is 1.90. The van der Waals surface area contributed by atoms with Crippen LogP contribution in [0.25, 0.3) is 0 Å². The van der Waals surface area contributed by atoms with E-state index in [0.717, 1.165) is 24.2 Å². The van der Waals surface area contributed by atoms with E-state index < -0.39 is 0 Å². The third-order valence-electron chi connectivity index (χ3n) is 2.97. The van der Waals surface area contributed by atoms with Crippen molar-refractivity contribution in [3.63, 3.8) is 0 Å². The summed E-state index contributed by atoms with van der Waals surface area (Å²) in [5.74, 6) is 0.279. The zero-order chi connectivity index (χ0) is 12.8. The Morgan fingerprint density at radius 3 is 2.67 bits per heavy atom. The van der Waals surface area contributed by atoms with Crippen LogP contribution in [0.15, 0.2) is 36.7 Å². The van der Waals surface area contributed by atoms with Gasteiger partial charge in [-0.05, 0) is 31.0 Å². The molecule has 4 heteroatoms. The van der Waals surface area contributed by atoms with Crippen molar-refractivity contribution in [3.8, 4) is 0 Å². The molecule has 2 aromatic heterocycles. The van der Waals surface area contributed by atoms with Crippen LogP contribution in [0, 0.1) is 0 Å². The number of aryl methyl sites for hydroxylation is 3. The summed E-state index contributed by atoms with van der Waals surface area (Å²) >= 11 is 0. The van der Waals surface area contributed by atoms with E-state index in [4.69, 9.17) is 0 Å². The maximum absolute atomic E-state index is 11.8. The lowest BCUT2D eigenvalue weighted by Crippen LogP contribution is -2.05. The van der Waals surface area contributed by atoms with Gasteiger partial charge in [0.15, 0.2) is 0 Å². The minimum absolute atomic E-state index is 0.279. The molecule has 0 saturated carbocycles. The van der Waals surface area contributed by atoms with Gasteiger partial charge in [0.1, 0.15) is 5.78 Å². The fourth-order valence-corrected chi connectivity index (χ4v) is 1.85. The molecule has 0 unspecified atom stereocenters. The number of carbonyl (C=O) groups excluding carboxylic acids is 1. The molecule has 0 saturated heterocycles. The van der Waals surface area contributed by atoms with E-state index in [0.29, 0.717) is 12.8 Å². The van der Waals surface area contributed by atoms with Gasteiger partial charge in [0.25, 0.3) is 0 Å². The van der Waals surface area contributed by atoms with Gasteiger partial charge in [-0.25, -0.2) is 0 Å². The Morgan fingerprint density at radius 1 is 1.17 bits per heavy atom. The number of hydrogen-bond donors (Lipinski definition) is 0. The number of carbonyl (C=O) groups is 1. The maximum atomic E-state index is 11.8. The van der Waals surface area contributed by atoms with E-state index in [-0.39, 0.29) is 5.78 Å². The maximum Gasteiger partial charge on any atom is 0.133 e. The zero-order valence-corrected chi connectivity index (χ0v) is 10.5. The normalized spacial score (nSPS) is 10.5. The van der Waals surface area contributed by atoms with Gasteiger partial charge in [0, 0.05) is 43.7 Å². The molecule has 0 aliphatic rings. The predicted molar refractivity (Wildman–Crippen MR) is 69.1 cm³/mol. The molecule has 0 aromatic carbocycles. The topological polar surface area (TPSA) is 47.8 Å². The molecule has 2 heterocycles. The van der Waals surface area contributed by atoms with Crippen LogP contribution in [0.5, 0.6) is 0 Å². The van der Waals surface area contributed by atoms with Crippen LogP contribution >= 0.6 is 0 Å². The lowest BCUT2D eigenvalue weighted by molar-refractivity contribution is -0.119. The number of Topliss-reactive ketones (excluding diaryl/α,β-unsaturated/α-hetero) is 1. The summed E-state index contributed by atoms with van der Waals surface area (Å²) in [6, 6.07) is 7.73. The molecule has 0 radical (unpaired) electrons. The molecule has 0 amide bonds. The first-order valence-corrected chi connectivity index (χ1v) is 6.14. The summed E-state index contributed by atoms with van der Waals surface area (Å²) in [5, 5.41) is 4.08. The van der Waals surface area contributed by atoms with Crippen molar-refractivity contribution in [2.45, 2.75) is 25.7 Å². The summed E-state index contributed by atoms with van der Waals surface area (Å²) < 4.78 is 1.81. The van der Waals surface area contributed by atoms with Crippen LogP contribution in [-0.4, -0.2) is 20.5 Å². The third-order valence-corrected chi connectivity index (χ3v) is 2.97. The quantitative estimate of drug-likeness (QED) is 0.779. The third kappa shape index (κ3) is 3.52. The van der Waals surface area contributed by atoms with E-state index in [1.54, 1.807) is 12.4 Å². The Hall–Kier alpha value is -1.97. The summed E-state index contributed by atoms with van der Waals surface area (Å²) in [6.45, 7) is 0. The number of rotatable bonds is 6. The highest BCUT2D eigenvalue weighted by molar-refractivity contribution is 5.78. The molecule has 2 rings (SSSR count). The second-order valence-corrected chi connectivity index (χ2v) is 4.31. The van der Waals surface area contributed by atoms with Crippen molar-refractivity contribution in [3.05, 3.63) is 48.0 Å². The number of hydrogen-bond acceptors (Lipinski definition) is 3. The van der Waals surface area contributed by atoms with Crippen molar-refractivity contribution < 1.29 is 4.79 Å². The standard InChI is InChI=1S/C14H17N3O/c1-17-13(9-11-16-17)6-8-14(18)7-5-12-4-2-3-10-15-12/h2-4,9-11H,5-8H2,1H3. The van der Waals surface area contributed by atoms with Crippen LogP contribution in [0.1, 0.15) is 24.2 Å². The SMILES string of the molecule is Cn1nccc1CCC(=O)CCc1ccccn1. The van der Waals surface area contributed by atoms with Crippen molar-refractivity contribution in [2.24, 2.45) is 7.05 Å². The smallest absolute Gasteiger partial charge is 0.133 e. The van der Waals surface area contributed by atoms with Gasteiger partial charge in [-0.1, -0.05) is 6.07 Å². The summed E-state index contributed by atoms with van der Waals surface area (Å²) in [4.78, 5) is 16.0. The number of nitrogens with zero attached hydrogens (tertiary/aromatic N) is 3. The molecule has 0 spiro atoms. The van der Waals surface area contributed by atoms with Gasteiger partial charge in [-0.15, -0.1) is 0 Å². The second kappa shape index (κ2) is 6.10. The highest BCUT2D eigenvalue weighted by Gasteiger charge is 2.06. The Bertz CT molecular complexity index is 505. The average Bonchev–Trinajstić information content (AvgIpc) is 2.81. The second-order valence-electron chi connectivity index (χ2n) is 4.31. The van der Waals surface area contributed by atoms with Gasteiger partial charge in [0.2, 0.25) is 0 Å². The minimum Gasteiger partial charge on any atom is -0.300 e. The fourth-order valence-electron chi connectivity index (χ4n) is 1.85. The molecule has 0 fully saturated rings.